The van der Waals surface area contributed by atoms with Crippen LogP contribution in [-0.4, -0.2) is 32.1 Å². The molecule has 35 heavy (non-hydrogen) atoms. The molecule has 3 heterocycles. The zero-order chi connectivity index (χ0) is 25.3. The Morgan fingerprint density at radius 2 is 1.77 bits per heavy atom. The number of nitrogens with zero attached hydrogens (tertiary/aromatic N) is 4. The molecular formula is C23H19F6N5O. The first-order valence-corrected chi connectivity index (χ1v) is 10.5. The molecule has 1 unspecified atom stereocenters. The summed E-state index contributed by atoms with van der Waals surface area (Å²) in [6.07, 6.45) is -1.20. The zero-order valence-electron chi connectivity index (χ0n) is 18.3. The molecule has 4 aromatic rings. The molecule has 1 atom stereocenters. The van der Waals surface area contributed by atoms with Gasteiger partial charge in [-0.1, -0.05) is 13.0 Å². The van der Waals surface area contributed by atoms with Crippen molar-refractivity contribution in [3.8, 4) is 5.69 Å². The molecule has 0 aliphatic carbocycles. The average molecular weight is 495 g/mol. The lowest BCUT2D eigenvalue weighted by Gasteiger charge is -2.16. The molecule has 0 fully saturated rings. The molecule has 6 nitrogen and oxygen atoms in total. The fourth-order valence-electron chi connectivity index (χ4n) is 3.52. The lowest BCUT2D eigenvalue weighted by molar-refractivity contribution is -0.170. The summed E-state index contributed by atoms with van der Waals surface area (Å²) < 4.78 is 82.8. The fraction of sp³-hybridized carbons (Fsp3) is 0.261. The fourth-order valence-corrected chi connectivity index (χ4v) is 3.52. The molecule has 0 bridgehead atoms. The summed E-state index contributed by atoms with van der Waals surface area (Å²) in [7, 11) is 0. The minimum Gasteiger partial charge on any atom is -0.370 e. The molecule has 0 amide bonds. The molecule has 12 heteroatoms. The van der Waals surface area contributed by atoms with Gasteiger partial charge in [0.05, 0.1) is 41.4 Å². The Morgan fingerprint density at radius 3 is 2.46 bits per heavy atom. The van der Waals surface area contributed by atoms with Gasteiger partial charge >= 0.3 is 6.18 Å². The van der Waals surface area contributed by atoms with E-state index in [0.29, 0.717) is 0 Å². The van der Waals surface area contributed by atoms with Crippen LogP contribution in [0.1, 0.15) is 18.9 Å². The predicted molar refractivity (Wildman–Crippen MR) is 117 cm³/mol. The van der Waals surface area contributed by atoms with Gasteiger partial charge in [0, 0.05) is 24.4 Å². The van der Waals surface area contributed by atoms with Crippen molar-refractivity contribution < 1.29 is 26.3 Å². The van der Waals surface area contributed by atoms with Gasteiger partial charge in [-0.25, -0.2) is 18.2 Å². The van der Waals surface area contributed by atoms with Crippen molar-refractivity contribution in [2.24, 2.45) is 5.92 Å². The molecule has 4 rings (SSSR count). The van der Waals surface area contributed by atoms with E-state index in [1.54, 1.807) is 0 Å². The third-order valence-corrected chi connectivity index (χ3v) is 5.62. The Morgan fingerprint density at radius 1 is 1.06 bits per heavy atom. The van der Waals surface area contributed by atoms with Crippen LogP contribution in [0.4, 0.5) is 32.2 Å². The second-order valence-corrected chi connectivity index (χ2v) is 7.97. The molecule has 1 aromatic carbocycles. The van der Waals surface area contributed by atoms with Crippen LogP contribution in [0.5, 0.6) is 0 Å². The van der Waals surface area contributed by atoms with Gasteiger partial charge in [-0.15, -0.1) is 0 Å². The molecule has 3 aromatic heterocycles. The highest BCUT2D eigenvalue weighted by atomic mass is 19.4. The highest BCUT2D eigenvalue weighted by molar-refractivity contribution is 5.78. The van der Waals surface area contributed by atoms with E-state index in [4.69, 9.17) is 0 Å². The monoisotopic (exact) mass is 495 g/mol. The number of aromatic nitrogens is 4. The number of benzene rings is 1. The van der Waals surface area contributed by atoms with Crippen LogP contribution in [-0.2, 0) is 6.54 Å². The van der Waals surface area contributed by atoms with Crippen molar-refractivity contribution in [1.29, 1.82) is 0 Å². The van der Waals surface area contributed by atoms with Crippen LogP contribution in [0, 0.1) is 23.4 Å². The van der Waals surface area contributed by atoms with Gasteiger partial charge in [-0.05, 0) is 24.6 Å². The van der Waals surface area contributed by atoms with Gasteiger partial charge in [0.1, 0.15) is 17.5 Å². The summed E-state index contributed by atoms with van der Waals surface area (Å²) in [6, 6.07) is 6.11. The Kier molecular flexibility index (Phi) is 6.55. The van der Waals surface area contributed by atoms with Crippen molar-refractivity contribution in [3.05, 3.63) is 82.3 Å². The van der Waals surface area contributed by atoms with Crippen LogP contribution in [0.2, 0.25) is 0 Å². The van der Waals surface area contributed by atoms with Crippen LogP contribution in [0.15, 0.2) is 53.7 Å². The standard InChI is InChI=1S/C23H19F6N5O/c1-13(23(27,28)29)5-7-30-21-9-20(18(26)11-31-21)33-8-6-19-14(22(33)35)10-32-34(19)12-15-16(24)3-2-4-17(15)25/h2-4,6,8-11,13H,5,7,12H2,1H3,(H,30,31). The predicted octanol–water partition coefficient (Wildman–Crippen LogP) is 5.05. The first kappa shape index (κ1) is 24.3. The van der Waals surface area contributed by atoms with Gasteiger partial charge in [-0.3, -0.25) is 14.0 Å². The summed E-state index contributed by atoms with van der Waals surface area (Å²) in [4.78, 5) is 16.8. The highest BCUT2D eigenvalue weighted by Gasteiger charge is 2.35. The molecule has 184 valence electrons. The smallest absolute Gasteiger partial charge is 0.370 e. The maximum atomic E-state index is 14.5. The van der Waals surface area contributed by atoms with E-state index in [-0.39, 0.29) is 47.5 Å². The van der Waals surface area contributed by atoms with Crippen molar-refractivity contribution >= 4 is 16.7 Å². The minimum atomic E-state index is -4.33. The number of halogens is 6. The van der Waals surface area contributed by atoms with Gasteiger partial charge in [0.25, 0.3) is 5.56 Å². The molecule has 0 radical (unpaired) electrons. The maximum absolute atomic E-state index is 14.5. The first-order chi connectivity index (χ1) is 16.6. The molecule has 0 saturated carbocycles. The number of alkyl halides is 3. The van der Waals surface area contributed by atoms with Crippen LogP contribution in [0.25, 0.3) is 16.6 Å². The molecule has 0 aliphatic heterocycles. The topological polar surface area (TPSA) is 64.7 Å². The maximum Gasteiger partial charge on any atom is 0.391 e. The molecular weight excluding hydrogens is 476 g/mol. The number of pyridine rings is 2. The van der Waals surface area contributed by atoms with Gasteiger partial charge in [0.15, 0.2) is 5.82 Å². The van der Waals surface area contributed by atoms with Crippen LogP contribution >= 0.6 is 0 Å². The molecule has 0 spiro atoms. The number of hydrogen-bond acceptors (Lipinski definition) is 4. The van der Waals surface area contributed by atoms with E-state index in [1.807, 2.05) is 0 Å². The van der Waals surface area contributed by atoms with E-state index in [9.17, 15) is 31.1 Å². The quantitative estimate of drug-likeness (QED) is 0.365. The summed E-state index contributed by atoms with van der Waals surface area (Å²) in [5.41, 5.74) is -0.768. The normalized spacial score (nSPS) is 12.8. The average Bonchev–Trinajstić information content (AvgIpc) is 3.21. The number of rotatable bonds is 7. The Hall–Kier alpha value is -3.83. The van der Waals surface area contributed by atoms with E-state index in [1.165, 1.54) is 35.3 Å². The SMILES string of the molecule is CC(CCNc1cc(-n2ccc3c(cnn3Cc3c(F)cccc3F)c2=O)c(F)cn1)C(F)(F)F. The van der Waals surface area contributed by atoms with E-state index in [2.05, 4.69) is 15.4 Å². The second-order valence-electron chi connectivity index (χ2n) is 7.97. The van der Waals surface area contributed by atoms with E-state index >= 15 is 0 Å². The van der Waals surface area contributed by atoms with Crippen LogP contribution < -0.4 is 10.9 Å². The Balaban J connectivity index is 1.61. The van der Waals surface area contributed by atoms with Gasteiger partial charge in [-0.2, -0.15) is 18.3 Å². The Bertz CT molecular complexity index is 1410. The lowest BCUT2D eigenvalue weighted by atomic mass is 10.1. The second kappa shape index (κ2) is 9.43. The number of nitrogens with one attached hydrogen (secondary N) is 1. The van der Waals surface area contributed by atoms with E-state index in [0.717, 1.165) is 29.8 Å². The largest absolute Gasteiger partial charge is 0.391 e. The highest BCUT2D eigenvalue weighted by Crippen LogP contribution is 2.28. The molecule has 1 N–H and O–H groups in total. The van der Waals surface area contributed by atoms with Crippen LogP contribution in [0.3, 0.4) is 0 Å². The first-order valence-electron chi connectivity index (χ1n) is 10.5. The molecule has 0 aliphatic rings. The summed E-state index contributed by atoms with van der Waals surface area (Å²) in [6.45, 7) is 0.728. The number of hydrogen-bond donors (Lipinski definition) is 1. The van der Waals surface area contributed by atoms with Crippen molar-refractivity contribution in [2.45, 2.75) is 26.1 Å². The lowest BCUT2D eigenvalue weighted by Crippen LogP contribution is -2.22. The van der Waals surface area contributed by atoms with Gasteiger partial charge < -0.3 is 5.32 Å². The Labute approximate surface area is 194 Å². The van der Waals surface area contributed by atoms with Crippen molar-refractivity contribution in [1.82, 2.24) is 19.3 Å². The van der Waals surface area contributed by atoms with Crippen molar-refractivity contribution in [3.63, 3.8) is 0 Å². The zero-order valence-corrected chi connectivity index (χ0v) is 18.3. The summed E-state index contributed by atoms with van der Waals surface area (Å²) in [5.74, 6) is -3.79. The molecule has 0 saturated heterocycles. The van der Waals surface area contributed by atoms with E-state index < -0.39 is 35.1 Å². The summed E-state index contributed by atoms with van der Waals surface area (Å²) >= 11 is 0. The number of anilines is 1. The number of fused-ring (bicyclic) bond motifs is 1. The third-order valence-electron chi connectivity index (χ3n) is 5.62. The third kappa shape index (κ3) is 5.00. The summed E-state index contributed by atoms with van der Waals surface area (Å²) in [5, 5.41) is 6.83. The van der Waals surface area contributed by atoms with Crippen molar-refractivity contribution in [2.75, 3.05) is 11.9 Å². The van der Waals surface area contributed by atoms with Gasteiger partial charge in [0.2, 0.25) is 0 Å². The minimum absolute atomic E-state index is 0.0634.